The molecule has 176 valence electrons. The molecule has 3 saturated carbocycles. The van der Waals surface area contributed by atoms with Crippen molar-refractivity contribution in [2.75, 3.05) is 20.6 Å². The average Bonchev–Trinajstić information content (AvgIpc) is 3.26. The topological polar surface area (TPSA) is 73.4 Å². The van der Waals surface area contributed by atoms with Crippen molar-refractivity contribution in [1.29, 1.82) is 5.26 Å². The predicted molar refractivity (Wildman–Crippen MR) is 126 cm³/mol. The molecule has 5 rings (SSSR count). The third-order valence-corrected chi connectivity index (χ3v) is 11.2. The smallest absolute Gasteiger partial charge is 0.240 e. The van der Waals surface area contributed by atoms with Gasteiger partial charge in [0.2, 0.25) is 5.91 Å². The molecule has 4 aliphatic carbocycles. The second-order valence-corrected chi connectivity index (χ2v) is 12.2. The summed E-state index contributed by atoms with van der Waals surface area (Å²) in [5.74, 6) is 3.39. The quantitative estimate of drug-likeness (QED) is 0.677. The molecular weight excluding hydrogens is 396 g/mol. The van der Waals surface area contributed by atoms with Gasteiger partial charge in [-0.05, 0) is 99.8 Å². The number of likely N-dealkylation sites (tertiary alicyclic amines) is 1. The number of rotatable bonds is 3. The fraction of sp³-hybridized carbons (Fsp3) is 0.852. The van der Waals surface area contributed by atoms with E-state index < -0.39 is 6.04 Å². The van der Waals surface area contributed by atoms with Gasteiger partial charge in [-0.3, -0.25) is 4.79 Å². The first kappa shape index (κ1) is 22.4. The van der Waals surface area contributed by atoms with E-state index in [2.05, 4.69) is 31.9 Å². The van der Waals surface area contributed by atoms with Gasteiger partial charge >= 0.3 is 0 Å². The van der Waals surface area contributed by atoms with Crippen LogP contribution in [0.4, 0.5) is 0 Å². The van der Waals surface area contributed by atoms with Gasteiger partial charge in [0.15, 0.2) is 0 Å². The summed E-state index contributed by atoms with van der Waals surface area (Å²) >= 11 is 0. The predicted octanol–water partition coefficient (Wildman–Crippen LogP) is 3.95. The van der Waals surface area contributed by atoms with Crippen LogP contribution >= 0.6 is 0 Å². The van der Waals surface area contributed by atoms with E-state index in [1.807, 2.05) is 18.0 Å². The largest absolute Gasteiger partial charge is 0.341 e. The molecule has 2 N–H and O–H groups in total. The molecule has 1 spiro atoms. The second-order valence-electron chi connectivity index (χ2n) is 12.2. The molecular formula is C27H42N4O. The van der Waals surface area contributed by atoms with Crippen molar-refractivity contribution in [2.45, 2.75) is 89.8 Å². The van der Waals surface area contributed by atoms with Crippen LogP contribution in [0.5, 0.6) is 0 Å². The Morgan fingerprint density at radius 2 is 2.03 bits per heavy atom. The van der Waals surface area contributed by atoms with Gasteiger partial charge in [-0.25, -0.2) is 0 Å². The minimum Gasteiger partial charge on any atom is -0.341 e. The van der Waals surface area contributed by atoms with Crippen LogP contribution in [0.15, 0.2) is 11.6 Å². The van der Waals surface area contributed by atoms with E-state index in [1.165, 1.54) is 45.1 Å². The van der Waals surface area contributed by atoms with Crippen LogP contribution in [0.25, 0.3) is 0 Å². The van der Waals surface area contributed by atoms with Crippen LogP contribution in [0.1, 0.15) is 71.6 Å². The number of carbonyl (C=O) groups excluding carboxylic acids is 1. The van der Waals surface area contributed by atoms with Crippen LogP contribution in [0.3, 0.4) is 0 Å². The van der Waals surface area contributed by atoms with Crippen LogP contribution in [0, 0.1) is 45.8 Å². The number of fused-ring (bicyclic) bond motifs is 4. The summed E-state index contributed by atoms with van der Waals surface area (Å²) in [5.41, 5.74) is 8.44. The molecule has 5 nitrogen and oxygen atoms in total. The number of allylic oxidation sites excluding steroid dienone is 1. The first-order valence-electron chi connectivity index (χ1n) is 13.0. The highest BCUT2D eigenvalue weighted by Gasteiger charge is 2.64. The van der Waals surface area contributed by atoms with E-state index >= 15 is 0 Å². The van der Waals surface area contributed by atoms with Crippen molar-refractivity contribution in [3.63, 3.8) is 0 Å². The third-order valence-electron chi connectivity index (χ3n) is 11.2. The Bertz CT molecular complexity index is 847. The number of hydrogen-bond acceptors (Lipinski definition) is 4. The lowest BCUT2D eigenvalue weighted by atomic mass is 9.47. The molecule has 0 aromatic carbocycles. The van der Waals surface area contributed by atoms with Crippen molar-refractivity contribution < 1.29 is 4.79 Å². The molecule has 0 aromatic rings. The Labute approximate surface area is 194 Å². The van der Waals surface area contributed by atoms with Crippen molar-refractivity contribution in [3.8, 4) is 6.07 Å². The fourth-order valence-corrected chi connectivity index (χ4v) is 9.40. The highest BCUT2D eigenvalue weighted by Crippen LogP contribution is 2.68. The highest BCUT2D eigenvalue weighted by atomic mass is 16.2. The number of likely N-dealkylation sites (N-methyl/N-ethyl adjacent to an activating group) is 1. The fourth-order valence-electron chi connectivity index (χ4n) is 9.40. The maximum absolute atomic E-state index is 12.7. The van der Waals surface area contributed by atoms with Crippen LogP contribution in [0.2, 0.25) is 0 Å². The van der Waals surface area contributed by atoms with Gasteiger partial charge in [-0.2, -0.15) is 5.26 Å². The monoisotopic (exact) mass is 438 g/mol. The van der Waals surface area contributed by atoms with E-state index in [1.54, 1.807) is 5.57 Å². The molecule has 0 aromatic heterocycles. The zero-order valence-corrected chi connectivity index (χ0v) is 20.5. The zero-order valence-electron chi connectivity index (χ0n) is 20.5. The van der Waals surface area contributed by atoms with Gasteiger partial charge in [0.1, 0.15) is 0 Å². The minimum absolute atomic E-state index is 0.0782. The summed E-state index contributed by atoms with van der Waals surface area (Å²) in [7, 11) is 4.24. The maximum Gasteiger partial charge on any atom is 0.240 e. The summed E-state index contributed by atoms with van der Waals surface area (Å²) in [6, 6.07) is 2.31. The number of nitrogens with zero attached hydrogens (tertiary/aromatic N) is 3. The number of nitrogens with two attached hydrogens (primary N) is 1. The molecule has 0 radical (unpaired) electrons. The molecule has 1 aliphatic heterocycles. The molecule has 9 atom stereocenters. The van der Waals surface area contributed by atoms with E-state index in [0.717, 1.165) is 42.6 Å². The Hall–Kier alpha value is -1.38. The molecule has 5 heteroatoms. The van der Waals surface area contributed by atoms with Gasteiger partial charge in [0, 0.05) is 25.7 Å². The standard InChI is InChI=1S/C27H42N4O/c1-17-21-7-8-23-20-6-5-18-15-19(31(4)25(32)24(29)11-14-28)9-12-26(18,2)22(20)10-13-27(21,23)16-30(17)3/h5,17,19-24H,6-13,15-16,29H2,1-4H3/t17-,19-,20+,21+,22?,23-,24+,26-,27-/m0/s1. The summed E-state index contributed by atoms with van der Waals surface area (Å²) in [6.07, 6.45) is 12.8. The van der Waals surface area contributed by atoms with Crippen LogP contribution in [-0.4, -0.2) is 54.5 Å². The highest BCUT2D eigenvalue weighted by molar-refractivity contribution is 5.82. The molecule has 1 unspecified atom stereocenters. The molecule has 1 heterocycles. The van der Waals surface area contributed by atoms with Crippen molar-refractivity contribution in [1.82, 2.24) is 9.80 Å². The van der Waals surface area contributed by atoms with Crippen molar-refractivity contribution in [3.05, 3.63) is 11.6 Å². The number of carbonyl (C=O) groups is 1. The van der Waals surface area contributed by atoms with Gasteiger partial charge in [0.05, 0.1) is 18.5 Å². The Morgan fingerprint density at radius 3 is 2.78 bits per heavy atom. The Morgan fingerprint density at radius 1 is 1.28 bits per heavy atom. The molecule has 1 saturated heterocycles. The number of hydrogen-bond donors (Lipinski definition) is 1. The Kier molecular flexibility index (Phi) is 5.49. The van der Waals surface area contributed by atoms with E-state index in [9.17, 15) is 4.79 Å². The molecule has 4 fully saturated rings. The average molecular weight is 439 g/mol. The van der Waals surface area contributed by atoms with Crippen LogP contribution in [-0.2, 0) is 4.79 Å². The second kappa shape index (κ2) is 7.84. The van der Waals surface area contributed by atoms with Gasteiger partial charge in [0.25, 0.3) is 0 Å². The lowest BCUT2D eigenvalue weighted by Gasteiger charge is -2.58. The molecule has 5 aliphatic rings. The van der Waals surface area contributed by atoms with Crippen molar-refractivity contribution in [2.24, 2.45) is 40.2 Å². The van der Waals surface area contributed by atoms with Crippen LogP contribution < -0.4 is 5.73 Å². The minimum atomic E-state index is -0.695. The van der Waals surface area contributed by atoms with Gasteiger partial charge < -0.3 is 15.5 Å². The third kappa shape index (κ3) is 3.05. The number of amides is 1. The summed E-state index contributed by atoms with van der Waals surface area (Å²) in [6.45, 7) is 6.33. The zero-order chi connectivity index (χ0) is 22.8. The Balaban J connectivity index is 1.34. The lowest BCUT2D eigenvalue weighted by molar-refractivity contribution is -0.134. The SMILES string of the molecule is C[C@H]1[C@H]2CC[C@H]3[C@@H]4CC=C5C[C@@H](N(C)C(=O)[C@H](N)CC#N)CC[C@]5(C)C4CC[C@]23CN1C. The summed E-state index contributed by atoms with van der Waals surface area (Å²) in [4.78, 5) is 17.2. The molecule has 1 amide bonds. The lowest BCUT2D eigenvalue weighted by Crippen LogP contribution is -2.54. The molecule has 0 bridgehead atoms. The van der Waals surface area contributed by atoms with E-state index in [-0.39, 0.29) is 18.4 Å². The normalized spacial score (nSPS) is 46.2. The van der Waals surface area contributed by atoms with E-state index in [4.69, 9.17) is 11.0 Å². The first-order valence-corrected chi connectivity index (χ1v) is 13.0. The van der Waals surface area contributed by atoms with E-state index in [0.29, 0.717) is 10.8 Å². The van der Waals surface area contributed by atoms with Crippen molar-refractivity contribution >= 4 is 5.91 Å². The first-order chi connectivity index (χ1) is 15.2. The maximum atomic E-state index is 12.7. The molecule has 32 heavy (non-hydrogen) atoms. The summed E-state index contributed by atoms with van der Waals surface area (Å²) < 4.78 is 0. The van der Waals surface area contributed by atoms with Gasteiger partial charge in [-0.15, -0.1) is 0 Å². The van der Waals surface area contributed by atoms with Gasteiger partial charge in [-0.1, -0.05) is 18.6 Å². The number of nitriles is 1. The summed E-state index contributed by atoms with van der Waals surface area (Å²) in [5, 5.41) is 8.91.